The van der Waals surface area contributed by atoms with E-state index < -0.39 is 26.4 Å². The minimum absolute atomic E-state index is 0.0280. The van der Waals surface area contributed by atoms with Gasteiger partial charge < -0.3 is 10.1 Å². The van der Waals surface area contributed by atoms with Crippen LogP contribution in [0.3, 0.4) is 0 Å². The molecule has 0 radical (unpaired) electrons. The molecule has 0 saturated carbocycles. The lowest BCUT2D eigenvalue weighted by Crippen LogP contribution is -2.20. The van der Waals surface area contributed by atoms with Gasteiger partial charge in [-0.1, -0.05) is 26.0 Å². The van der Waals surface area contributed by atoms with E-state index in [4.69, 9.17) is 4.74 Å². The molecule has 27 heavy (non-hydrogen) atoms. The third kappa shape index (κ3) is 5.52. The van der Waals surface area contributed by atoms with Crippen molar-refractivity contribution in [2.75, 3.05) is 18.1 Å². The molecule has 0 aliphatic heterocycles. The van der Waals surface area contributed by atoms with Gasteiger partial charge in [-0.3, -0.25) is 10.1 Å². The van der Waals surface area contributed by atoms with Crippen LogP contribution in [-0.2, 0) is 14.6 Å². The first-order valence-electron chi connectivity index (χ1n) is 8.11. The number of benzene rings is 2. The van der Waals surface area contributed by atoms with Gasteiger partial charge in [0.25, 0.3) is 5.69 Å². The standard InChI is InChI=1S/C18H20N2O6S/c1-12(2)13-5-4-6-14(9-13)26-18(21)11-19-16-8-7-15(27(3,24)25)10-17(16)20(22)23/h4-10,12,19H,11H2,1-3H3. The fourth-order valence-corrected chi connectivity index (χ4v) is 2.96. The Kier molecular flexibility index (Phi) is 6.17. The van der Waals surface area contributed by atoms with Crippen molar-refractivity contribution in [2.24, 2.45) is 0 Å². The zero-order chi connectivity index (χ0) is 20.2. The van der Waals surface area contributed by atoms with E-state index in [-0.39, 0.29) is 23.0 Å². The Balaban J connectivity index is 2.11. The monoisotopic (exact) mass is 392 g/mol. The van der Waals surface area contributed by atoms with E-state index in [1.165, 1.54) is 12.1 Å². The smallest absolute Gasteiger partial charge is 0.330 e. The number of carbonyl (C=O) groups excluding carboxylic acids is 1. The minimum atomic E-state index is -3.58. The number of anilines is 1. The lowest BCUT2D eigenvalue weighted by Gasteiger charge is -2.10. The van der Waals surface area contributed by atoms with Crippen molar-refractivity contribution in [3.05, 3.63) is 58.1 Å². The molecule has 0 bridgehead atoms. The zero-order valence-corrected chi connectivity index (χ0v) is 15.9. The molecule has 0 spiro atoms. The van der Waals surface area contributed by atoms with Crippen LogP contribution >= 0.6 is 0 Å². The molecule has 9 heteroatoms. The van der Waals surface area contributed by atoms with Crippen LogP contribution in [0, 0.1) is 10.1 Å². The third-order valence-corrected chi connectivity index (χ3v) is 4.88. The molecule has 0 heterocycles. The number of nitrogens with zero attached hydrogens (tertiary/aromatic N) is 1. The van der Waals surface area contributed by atoms with E-state index in [0.29, 0.717) is 5.75 Å². The van der Waals surface area contributed by atoms with Gasteiger partial charge in [0, 0.05) is 12.3 Å². The number of nitro groups is 1. The molecular formula is C18H20N2O6S. The van der Waals surface area contributed by atoms with Crippen molar-refractivity contribution in [2.45, 2.75) is 24.7 Å². The summed E-state index contributed by atoms with van der Waals surface area (Å²) >= 11 is 0. The third-order valence-electron chi connectivity index (χ3n) is 3.77. The van der Waals surface area contributed by atoms with Gasteiger partial charge in [0.1, 0.15) is 18.0 Å². The summed E-state index contributed by atoms with van der Waals surface area (Å²) < 4.78 is 28.3. The van der Waals surface area contributed by atoms with E-state index in [2.05, 4.69) is 5.32 Å². The Labute approximate surface area is 157 Å². The summed E-state index contributed by atoms with van der Waals surface area (Å²) in [7, 11) is -3.58. The van der Waals surface area contributed by atoms with Crippen molar-refractivity contribution in [1.29, 1.82) is 0 Å². The summed E-state index contributed by atoms with van der Waals surface area (Å²) in [5, 5.41) is 13.8. The second kappa shape index (κ2) is 8.17. The number of esters is 1. The molecule has 0 aromatic heterocycles. The van der Waals surface area contributed by atoms with E-state index in [0.717, 1.165) is 17.9 Å². The van der Waals surface area contributed by atoms with Gasteiger partial charge in [-0.2, -0.15) is 0 Å². The van der Waals surface area contributed by atoms with Gasteiger partial charge >= 0.3 is 5.97 Å². The predicted molar refractivity (Wildman–Crippen MR) is 101 cm³/mol. The highest BCUT2D eigenvalue weighted by Crippen LogP contribution is 2.27. The number of carbonyl (C=O) groups is 1. The maximum absolute atomic E-state index is 12.0. The van der Waals surface area contributed by atoms with Crippen LogP contribution in [0.15, 0.2) is 47.4 Å². The van der Waals surface area contributed by atoms with Crippen LogP contribution in [0.5, 0.6) is 5.75 Å². The van der Waals surface area contributed by atoms with Crippen LogP contribution in [0.1, 0.15) is 25.3 Å². The summed E-state index contributed by atoms with van der Waals surface area (Å²) in [5.74, 6) is 0.0325. The lowest BCUT2D eigenvalue weighted by molar-refractivity contribution is -0.384. The zero-order valence-electron chi connectivity index (χ0n) is 15.1. The topological polar surface area (TPSA) is 116 Å². The second-order valence-corrected chi connectivity index (χ2v) is 8.28. The average Bonchev–Trinajstić information content (AvgIpc) is 2.59. The van der Waals surface area contributed by atoms with Crippen LogP contribution < -0.4 is 10.1 Å². The first-order valence-corrected chi connectivity index (χ1v) is 10.00. The highest BCUT2D eigenvalue weighted by Gasteiger charge is 2.19. The molecule has 0 unspecified atom stereocenters. The Bertz CT molecular complexity index is 970. The first kappa shape index (κ1) is 20.4. The fourth-order valence-electron chi connectivity index (χ4n) is 2.31. The van der Waals surface area contributed by atoms with E-state index >= 15 is 0 Å². The van der Waals surface area contributed by atoms with Crippen molar-refractivity contribution < 1.29 is 22.9 Å². The number of hydrogen-bond donors (Lipinski definition) is 1. The fraction of sp³-hybridized carbons (Fsp3) is 0.278. The van der Waals surface area contributed by atoms with Crippen molar-refractivity contribution in [3.8, 4) is 5.75 Å². The number of hydrogen-bond acceptors (Lipinski definition) is 7. The molecule has 2 rings (SSSR count). The Hall–Kier alpha value is -2.94. The maximum atomic E-state index is 12.0. The molecule has 0 amide bonds. The second-order valence-electron chi connectivity index (χ2n) is 6.26. The molecule has 2 aromatic carbocycles. The lowest BCUT2D eigenvalue weighted by atomic mass is 10.0. The van der Waals surface area contributed by atoms with Crippen molar-refractivity contribution in [1.82, 2.24) is 0 Å². The highest BCUT2D eigenvalue weighted by atomic mass is 32.2. The highest BCUT2D eigenvalue weighted by molar-refractivity contribution is 7.90. The summed E-state index contributed by atoms with van der Waals surface area (Å²) in [6.07, 6.45) is 0.960. The number of ether oxygens (including phenoxy) is 1. The van der Waals surface area contributed by atoms with Crippen LogP contribution in [0.2, 0.25) is 0 Å². The maximum Gasteiger partial charge on any atom is 0.330 e. The van der Waals surface area contributed by atoms with Crippen LogP contribution in [0.25, 0.3) is 0 Å². The SMILES string of the molecule is CC(C)c1cccc(OC(=O)CNc2ccc(S(C)(=O)=O)cc2[N+](=O)[O-])c1. The van der Waals surface area contributed by atoms with Crippen LogP contribution in [0.4, 0.5) is 11.4 Å². The quantitative estimate of drug-likeness (QED) is 0.333. The molecule has 0 atom stereocenters. The first-order chi connectivity index (χ1) is 12.6. The summed E-state index contributed by atoms with van der Waals surface area (Å²) in [6.45, 7) is 3.72. The van der Waals surface area contributed by atoms with Gasteiger partial charge in [-0.05, 0) is 35.7 Å². The Morgan fingerprint density at radius 1 is 1.22 bits per heavy atom. The summed E-state index contributed by atoms with van der Waals surface area (Å²) in [4.78, 5) is 22.3. The number of nitro benzene ring substituents is 1. The Morgan fingerprint density at radius 2 is 1.93 bits per heavy atom. The number of rotatable bonds is 7. The number of sulfone groups is 1. The van der Waals surface area contributed by atoms with Gasteiger partial charge in [-0.25, -0.2) is 13.2 Å². The summed E-state index contributed by atoms with van der Waals surface area (Å²) in [6, 6.07) is 10.5. The van der Waals surface area contributed by atoms with Gasteiger partial charge in [0.15, 0.2) is 9.84 Å². The molecule has 8 nitrogen and oxygen atoms in total. The average molecular weight is 392 g/mol. The molecule has 2 aromatic rings. The molecule has 0 aliphatic rings. The Morgan fingerprint density at radius 3 is 2.52 bits per heavy atom. The van der Waals surface area contributed by atoms with E-state index in [9.17, 15) is 23.3 Å². The van der Waals surface area contributed by atoms with Gasteiger partial charge in [-0.15, -0.1) is 0 Å². The largest absolute Gasteiger partial charge is 0.425 e. The normalized spacial score (nSPS) is 11.3. The molecular weight excluding hydrogens is 372 g/mol. The van der Waals surface area contributed by atoms with Crippen molar-refractivity contribution >= 4 is 27.2 Å². The van der Waals surface area contributed by atoms with E-state index in [1.807, 2.05) is 19.9 Å². The van der Waals surface area contributed by atoms with Crippen molar-refractivity contribution in [3.63, 3.8) is 0 Å². The molecule has 144 valence electrons. The van der Waals surface area contributed by atoms with Gasteiger partial charge in [0.05, 0.1) is 9.82 Å². The molecule has 1 N–H and O–H groups in total. The van der Waals surface area contributed by atoms with Gasteiger partial charge in [0.2, 0.25) is 0 Å². The summed E-state index contributed by atoms with van der Waals surface area (Å²) in [5.41, 5.74) is 0.605. The molecule has 0 fully saturated rings. The molecule has 0 aliphatic carbocycles. The number of nitrogens with one attached hydrogen (secondary N) is 1. The predicted octanol–water partition coefficient (Wildman–Crippen LogP) is 3.14. The minimum Gasteiger partial charge on any atom is -0.425 e. The van der Waals surface area contributed by atoms with Crippen LogP contribution in [-0.4, -0.2) is 32.1 Å². The molecule has 0 saturated heterocycles. The van der Waals surface area contributed by atoms with E-state index in [1.54, 1.807) is 18.2 Å².